The summed E-state index contributed by atoms with van der Waals surface area (Å²) in [5, 5.41) is 2.81. The first-order valence-electron chi connectivity index (χ1n) is 5.63. The van der Waals surface area contributed by atoms with Crippen LogP contribution in [0.1, 0.15) is 6.42 Å². The van der Waals surface area contributed by atoms with Crippen molar-refractivity contribution in [1.29, 1.82) is 0 Å². The summed E-state index contributed by atoms with van der Waals surface area (Å²) in [6.45, 7) is 7.95. The summed E-state index contributed by atoms with van der Waals surface area (Å²) in [4.78, 5) is 13.3. The minimum Gasteiger partial charge on any atom is -0.379 e. The van der Waals surface area contributed by atoms with E-state index in [0.29, 0.717) is 46.1 Å². The van der Waals surface area contributed by atoms with Crippen molar-refractivity contribution >= 4 is 6.03 Å². The highest BCUT2D eigenvalue weighted by Crippen LogP contribution is 1.96. The molecule has 1 heterocycles. The van der Waals surface area contributed by atoms with Crippen molar-refractivity contribution in [2.45, 2.75) is 6.42 Å². The number of nitrogens with one attached hydrogen (secondary N) is 1. The van der Waals surface area contributed by atoms with Crippen LogP contribution in [0.5, 0.6) is 0 Å². The third-order valence-corrected chi connectivity index (χ3v) is 2.29. The SMILES string of the molecule is C=CCCOCCNC(=O)N1CCOCC1. The molecule has 0 radical (unpaired) electrons. The Labute approximate surface area is 96.4 Å². The molecule has 1 fully saturated rings. The first-order chi connectivity index (χ1) is 7.84. The summed E-state index contributed by atoms with van der Waals surface area (Å²) in [5.74, 6) is 0. The molecule has 1 aliphatic heterocycles. The highest BCUT2D eigenvalue weighted by molar-refractivity contribution is 5.74. The number of ether oxygens (including phenoxy) is 2. The largest absolute Gasteiger partial charge is 0.379 e. The van der Waals surface area contributed by atoms with Crippen LogP contribution in [-0.2, 0) is 9.47 Å². The molecule has 5 nitrogen and oxygen atoms in total. The molecule has 92 valence electrons. The quantitative estimate of drug-likeness (QED) is 0.535. The molecule has 0 bridgehead atoms. The summed E-state index contributed by atoms with van der Waals surface area (Å²) in [6, 6.07) is -0.0318. The van der Waals surface area contributed by atoms with Gasteiger partial charge in [-0.15, -0.1) is 6.58 Å². The standard InChI is InChI=1S/C11H20N2O3/c1-2-3-7-15-8-4-12-11(14)13-5-9-16-10-6-13/h2H,1,3-10H2,(H,12,14). The summed E-state index contributed by atoms with van der Waals surface area (Å²) in [7, 11) is 0. The van der Waals surface area contributed by atoms with Gasteiger partial charge in [0.15, 0.2) is 0 Å². The van der Waals surface area contributed by atoms with E-state index < -0.39 is 0 Å². The van der Waals surface area contributed by atoms with Crippen molar-refractivity contribution in [2.75, 3.05) is 46.1 Å². The molecule has 0 aromatic rings. The second-order valence-corrected chi connectivity index (χ2v) is 3.52. The highest BCUT2D eigenvalue weighted by Gasteiger charge is 2.15. The number of urea groups is 1. The van der Waals surface area contributed by atoms with Crippen LogP contribution in [0.4, 0.5) is 4.79 Å². The van der Waals surface area contributed by atoms with Gasteiger partial charge in [-0.25, -0.2) is 4.79 Å². The zero-order valence-electron chi connectivity index (χ0n) is 9.61. The molecular weight excluding hydrogens is 208 g/mol. The van der Waals surface area contributed by atoms with Gasteiger partial charge in [-0.1, -0.05) is 6.08 Å². The van der Waals surface area contributed by atoms with Crippen molar-refractivity contribution in [2.24, 2.45) is 0 Å². The van der Waals surface area contributed by atoms with E-state index in [0.717, 1.165) is 6.42 Å². The van der Waals surface area contributed by atoms with E-state index in [9.17, 15) is 4.79 Å². The predicted molar refractivity (Wildman–Crippen MR) is 61.4 cm³/mol. The van der Waals surface area contributed by atoms with Gasteiger partial charge in [0.25, 0.3) is 0 Å². The lowest BCUT2D eigenvalue weighted by atomic mass is 10.4. The van der Waals surface area contributed by atoms with E-state index in [1.807, 2.05) is 6.08 Å². The number of rotatable bonds is 6. The van der Waals surface area contributed by atoms with Gasteiger partial charge in [0, 0.05) is 19.6 Å². The normalized spacial score (nSPS) is 15.9. The van der Waals surface area contributed by atoms with Gasteiger partial charge in [0.05, 0.1) is 26.4 Å². The van der Waals surface area contributed by atoms with Gasteiger partial charge >= 0.3 is 6.03 Å². The Hall–Kier alpha value is -1.07. The van der Waals surface area contributed by atoms with Crippen LogP contribution in [0, 0.1) is 0 Å². The van der Waals surface area contributed by atoms with Crippen molar-refractivity contribution < 1.29 is 14.3 Å². The average molecular weight is 228 g/mol. The Bertz CT molecular complexity index is 215. The molecule has 1 rings (SSSR count). The molecule has 0 aliphatic carbocycles. The van der Waals surface area contributed by atoms with Gasteiger partial charge in [-0.05, 0) is 6.42 Å². The monoisotopic (exact) mass is 228 g/mol. The van der Waals surface area contributed by atoms with E-state index >= 15 is 0 Å². The van der Waals surface area contributed by atoms with Crippen LogP contribution < -0.4 is 5.32 Å². The first-order valence-corrected chi connectivity index (χ1v) is 5.63. The maximum atomic E-state index is 11.6. The minimum atomic E-state index is -0.0318. The summed E-state index contributed by atoms with van der Waals surface area (Å²) in [6.07, 6.45) is 2.66. The molecule has 1 saturated heterocycles. The molecule has 0 aromatic heterocycles. The van der Waals surface area contributed by atoms with E-state index in [4.69, 9.17) is 9.47 Å². The molecule has 1 N–H and O–H groups in total. The van der Waals surface area contributed by atoms with Crippen LogP contribution in [0.3, 0.4) is 0 Å². The van der Waals surface area contributed by atoms with Crippen molar-refractivity contribution in [1.82, 2.24) is 10.2 Å². The smallest absolute Gasteiger partial charge is 0.317 e. The summed E-state index contributed by atoms with van der Waals surface area (Å²) < 4.78 is 10.4. The van der Waals surface area contributed by atoms with Crippen LogP contribution in [-0.4, -0.2) is 57.0 Å². The zero-order valence-corrected chi connectivity index (χ0v) is 9.61. The lowest BCUT2D eigenvalue weighted by Gasteiger charge is -2.26. The second kappa shape index (κ2) is 8.13. The molecular formula is C11H20N2O3. The van der Waals surface area contributed by atoms with Gasteiger partial charge < -0.3 is 19.7 Å². The van der Waals surface area contributed by atoms with Crippen molar-refractivity contribution in [3.8, 4) is 0 Å². The number of nitrogens with zero attached hydrogens (tertiary/aromatic N) is 1. The maximum absolute atomic E-state index is 11.6. The van der Waals surface area contributed by atoms with E-state index in [1.165, 1.54) is 0 Å². The lowest BCUT2D eigenvalue weighted by molar-refractivity contribution is 0.0524. The fraction of sp³-hybridized carbons (Fsp3) is 0.727. The molecule has 0 aromatic carbocycles. The molecule has 0 unspecified atom stereocenters. The van der Waals surface area contributed by atoms with Crippen molar-refractivity contribution in [3.63, 3.8) is 0 Å². The Balaban J connectivity index is 1.99. The zero-order chi connectivity index (χ0) is 11.6. The van der Waals surface area contributed by atoms with Crippen molar-refractivity contribution in [3.05, 3.63) is 12.7 Å². The second-order valence-electron chi connectivity index (χ2n) is 3.52. The third-order valence-electron chi connectivity index (χ3n) is 2.29. The van der Waals surface area contributed by atoms with Crippen LogP contribution in [0.15, 0.2) is 12.7 Å². The van der Waals surface area contributed by atoms with Gasteiger partial charge in [0.2, 0.25) is 0 Å². The summed E-state index contributed by atoms with van der Waals surface area (Å²) >= 11 is 0. The molecule has 5 heteroatoms. The summed E-state index contributed by atoms with van der Waals surface area (Å²) in [5.41, 5.74) is 0. The maximum Gasteiger partial charge on any atom is 0.317 e. The number of amides is 2. The van der Waals surface area contributed by atoms with E-state index in [-0.39, 0.29) is 6.03 Å². The highest BCUT2D eigenvalue weighted by atomic mass is 16.5. The van der Waals surface area contributed by atoms with Gasteiger partial charge in [-0.3, -0.25) is 0 Å². The molecule has 2 amide bonds. The van der Waals surface area contributed by atoms with E-state index in [1.54, 1.807) is 4.90 Å². The topological polar surface area (TPSA) is 50.8 Å². The van der Waals surface area contributed by atoms with E-state index in [2.05, 4.69) is 11.9 Å². The Morgan fingerprint density at radius 2 is 2.19 bits per heavy atom. The average Bonchev–Trinajstić information content (AvgIpc) is 2.34. The fourth-order valence-electron chi connectivity index (χ4n) is 1.38. The molecule has 1 aliphatic rings. The van der Waals surface area contributed by atoms with Crippen LogP contribution >= 0.6 is 0 Å². The molecule has 0 saturated carbocycles. The fourth-order valence-corrected chi connectivity index (χ4v) is 1.38. The van der Waals surface area contributed by atoms with Gasteiger partial charge in [0.1, 0.15) is 0 Å². The third kappa shape index (κ3) is 5.14. The Kier molecular flexibility index (Phi) is 6.60. The van der Waals surface area contributed by atoms with Crippen LogP contribution in [0.2, 0.25) is 0 Å². The lowest BCUT2D eigenvalue weighted by Crippen LogP contribution is -2.46. The van der Waals surface area contributed by atoms with Crippen LogP contribution in [0.25, 0.3) is 0 Å². The number of carbonyl (C=O) groups excluding carboxylic acids is 1. The number of hydrogen-bond donors (Lipinski definition) is 1. The minimum absolute atomic E-state index is 0.0318. The Morgan fingerprint density at radius 1 is 1.44 bits per heavy atom. The predicted octanol–water partition coefficient (Wildman–Crippen LogP) is 0.621. The number of carbonyl (C=O) groups is 1. The number of morpholine rings is 1. The first kappa shape index (κ1) is 13.0. The Morgan fingerprint density at radius 3 is 2.88 bits per heavy atom. The number of hydrogen-bond acceptors (Lipinski definition) is 3. The van der Waals surface area contributed by atoms with Gasteiger partial charge in [-0.2, -0.15) is 0 Å². The molecule has 0 spiro atoms. The molecule has 16 heavy (non-hydrogen) atoms. The molecule has 0 atom stereocenters.